The van der Waals surface area contributed by atoms with Crippen LogP contribution in [-0.2, 0) is 16.1 Å². The van der Waals surface area contributed by atoms with E-state index in [9.17, 15) is 4.79 Å². The molecule has 25 heavy (non-hydrogen) atoms. The lowest BCUT2D eigenvalue weighted by atomic mass is 10.1. The summed E-state index contributed by atoms with van der Waals surface area (Å²) in [6.45, 7) is 2.28. The number of carbonyl (C=O) groups excluding carboxylic acids is 1. The van der Waals surface area contributed by atoms with E-state index in [-0.39, 0.29) is 12.5 Å². The molecule has 0 saturated heterocycles. The fraction of sp³-hybridized carbons (Fsp3) is 0.150. The van der Waals surface area contributed by atoms with Crippen LogP contribution in [0.4, 0.5) is 0 Å². The number of ether oxygens (including phenoxy) is 1. The Labute approximate surface area is 144 Å². The summed E-state index contributed by atoms with van der Waals surface area (Å²) in [5.74, 6) is 0.443. The summed E-state index contributed by atoms with van der Waals surface area (Å²) in [5, 5.41) is 1.04. The molecule has 0 N–H and O–H groups in total. The molecule has 2 aromatic carbocycles. The minimum atomic E-state index is -0.278. The van der Waals surface area contributed by atoms with E-state index >= 15 is 0 Å². The van der Waals surface area contributed by atoms with E-state index < -0.39 is 0 Å². The molecule has 124 valence electrons. The first kappa shape index (κ1) is 15.3. The Bertz CT molecular complexity index is 1060. The van der Waals surface area contributed by atoms with Gasteiger partial charge in [0.05, 0.1) is 23.2 Å². The molecule has 0 saturated carbocycles. The van der Waals surface area contributed by atoms with Crippen LogP contribution in [0.15, 0.2) is 60.8 Å². The van der Waals surface area contributed by atoms with E-state index in [1.54, 1.807) is 13.1 Å². The molecule has 0 atom stereocenters. The predicted molar refractivity (Wildman–Crippen MR) is 97.1 cm³/mol. The van der Waals surface area contributed by atoms with Gasteiger partial charge in [0.1, 0.15) is 12.4 Å². The second-order valence-electron chi connectivity index (χ2n) is 5.70. The summed E-state index contributed by atoms with van der Waals surface area (Å²) in [7, 11) is 0. The van der Waals surface area contributed by atoms with Gasteiger partial charge in [0.25, 0.3) is 0 Å². The highest BCUT2D eigenvalue weighted by atomic mass is 16.5. The van der Waals surface area contributed by atoms with Crippen LogP contribution >= 0.6 is 0 Å². The average molecular weight is 331 g/mol. The Hall–Kier alpha value is -3.21. The molecule has 2 aromatic heterocycles. The van der Waals surface area contributed by atoms with Gasteiger partial charge in [0.15, 0.2) is 0 Å². The van der Waals surface area contributed by atoms with Gasteiger partial charge >= 0.3 is 5.97 Å². The first-order valence-electron chi connectivity index (χ1n) is 8.23. The number of carbonyl (C=O) groups is 1. The number of hydrogen-bond donors (Lipinski definition) is 0. The van der Waals surface area contributed by atoms with Crippen molar-refractivity contribution in [1.82, 2.24) is 14.5 Å². The lowest BCUT2D eigenvalue weighted by molar-refractivity contribution is -0.143. The van der Waals surface area contributed by atoms with Crippen LogP contribution < -0.4 is 0 Å². The van der Waals surface area contributed by atoms with E-state index in [1.165, 1.54) is 0 Å². The van der Waals surface area contributed by atoms with E-state index in [0.29, 0.717) is 6.61 Å². The number of fused-ring (bicyclic) bond motifs is 2. The molecule has 0 spiro atoms. The van der Waals surface area contributed by atoms with Crippen molar-refractivity contribution < 1.29 is 9.53 Å². The Morgan fingerprint density at radius 2 is 1.92 bits per heavy atom. The Morgan fingerprint density at radius 1 is 1.08 bits per heavy atom. The van der Waals surface area contributed by atoms with E-state index in [4.69, 9.17) is 9.72 Å². The number of esters is 1. The van der Waals surface area contributed by atoms with Gasteiger partial charge in [-0.3, -0.25) is 9.78 Å². The summed E-state index contributed by atoms with van der Waals surface area (Å²) >= 11 is 0. The van der Waals surface area contributed by atoms with Crippen LogP contribution in [-0.4, -0.2) is 27.1 Å². The molecule has 0 aliphatic heterocycles. The van der Waals surface area contributed by atoms with Crippen LogP contribution in [0.5, 0.6) is 0 Å². The predicted octanol–water partition coefficient (Wildman–Crippen LogP) is 3.81. The zero-order valence-electron chi connectivity index (χ0n) is 13.8. The Kier molecular flexibility index (Phi) is 3.90. The third kappa shape index (κ3) is 2.74. The number of rotatable bonds is 4. The van der Waals surface area contributed by atoms with Gasteiger partial charge in [-0.15, -0.1) is 0 Å². The molecule has 4 aromatic rings. The van der Waals surface area contributed by atoms with Gasteiger partial charge in [0.2, 0.25) is 0 Å². The second kappa shape index (κ2) is 6.36. The minimum absolute atomic E-state index is 0.118. The van der Waals surface area contributed by atoms with Crippen molar-refractivity contribution in [3.63, 3.8) is 0 Å². The number of aromatic nitrogens is 3. The van der Waals surface area contributed by atoms with Crippen molar-refractivity contribution in [2.75, 3.05) is 6.61 Å². The second-order valence-corrected chi connectivity index (χ2v) is 5.70. The monoisotopic (exact) mass is 331 g/mol. The van der Waals surface area contributed by atoms with Crippen molar-refractivity contribution in [1.29, 1.82) is 0 Å². The smallest absolute Gasteiger partial charge is 0.326 e. The van der Waals surface area contributed by atoms with E-state index in [2.05, 4.69) is 4.98 Å². The van der Waals surface area contributed by atoms with Crippen molar-refractivity contribution in [3.8, 4) is 11.4 Å². The van der Waals surface area contributed by atoms with Crippen LogP contribution in [0.25, 0.3) is 33.3 Å². The first-order valence-corrected chi connectivity index (χ1v) is 8.23. The third-order valence-corrected chi connectivity index (χ3v) is 4.12. The molecule has 0 unspecified atom stereocenters. The maximum atomic E-state index is 12.1. The number of hydrogen-bond acceptors (Lipinski definition) is 4. The SMILES string of the molecule is CCOC(=O)Cn1c(-c2cccc3cccnc23)nc2ccccc21. The molecule has 5 nitrogen and oxygen atoms in total. The number of para-hydroxylation sites is 3. The van der Waals surface area contributed by atoms with E-state index in [0.717, 1.165) is 33.3 Å². The molecular formula is C20H17N3O2. The number of nitrogens with zero attached hydrogens (tertiary/aromatic N) is 3. The zero-order valence-corrected chi connectivity index (χ0v) is 13.8. The quantitative estimate of drug-likeness (QED) is 0.534. The van der Waals surface area contributed by atoms with Crippen LogP contribution in [0.3, 0.4) is 0 Å². The molecular weight excluding hydrogens is 314 g/mol. The molecule has 0 amide bonds. The largest absolute Gasteiger partial charge is 0.465 e. The molecule has 2 heterocycles. The summed E-state index contributed by atoms with van der Waals surface area (Å²) < 4.78 is 7.04. The maximum Gasteiger partial charge on any atom is 0.326 e. The molecule has 0 radical (unpaired) electrons. The molecule has 0 aliphatic rings. The van der Waals surface area contributed by atoms with Crippen molar-refractivity contribution >= 4 is 27.9 Å². The Balaban J connectivity index is 1.95. The molecule has 4 rings (SSSR count). The highest BCUT2D eigenvalue weighted by molar-refractivity contribution is 5.94. The third-order valence-electron chi connectivity index (χ3n) is 4.12. The number of pyridine rings is 1. The standard InChI is InChI=1S/C20H17N3O2/c1-2-25-18(24)13-23-17-11-4-3-10-16(17)22-20(23)15-9-5-7-14-8-6-12-21-19(14)15/h3-12H,2,13H2,1H3. The normalized spacial score (nSPS) is 11.1. The van der Waals surface area contributed by atoms with Gasteiger partial charge in [0, 0.05) is 17.1 Å². The molecule has 5 heteroatoms. The lowest BCUT2D eigenvalue weighted by Gasteiger charge is -2.10. The van der Waals surface area contributed by atoms with Crippen LogP contribution in [0.1, 0.15) is 6.92 Å². The topological polar surface area (TPSA) is 57.0 Å². The molecule has 0 bridgehead atoms. The van der Waals surface area contributed by atoms with Crippen LogP contribution in [0.2, 0.25) is 0 Å². The van der Waals surface area contributed by atoms with Crippen molar-refractivity contribution in [2.45, 2.75) is 13.5 Å². The first-order chi connectivity index (χ1) is 12.3. The minimum Gasteiger partial charge on any atom is -0.465 e. The number of imidazole rings is 1. The summed E-state index contributed by atoms with van der Waals surface area (Å²) in [6.07, 6.45) is 1.77. The number of benzene rings is 2. The summed E-state index contributed by atoms with van der Waals surface area (Å²) in [5.41, 5.74) is 3.51. The highest BCUT2D eigenvalue weighted by Crippen LogP contribution is 2.29. The van der Waals surface area contributed by atoms with Crippen LogP contribution in [0, 0.1) is 0 Å². The fourth-order valence-corrected chi connectivity index (χ4v) is 3.06. The molecule has 0 fully saturated rings. The van der Waals surface area contributed by atoms with Crippen molar-refractivity contribution in [3.05, 3.63) is 60.8 Å². The summed E-state index contributed by atoms with van der Waals surface area (Å²) in [6, 6.07) is 17.7. The van der Waals surface area contributed by atoms with Gasteiger partial charge in [-0.25, -0.2) is 4.98 Å². The van der Waals surface area contributed by atoms with Gasteiger partial charge < -0.3 is 9.30 Å². The maximum absolute atomic E-state index is 12.1. The molecule has 0 aliphatic carbocycles. The van der Waals surface area contributed by atoms with Gasteiger partial charge in [-0.05, 0) is 31.2 Å². The average Bonchev–Trinajstić information content (AvgIpc) is 3.00. The van der Waals surface area contributed by atoms with E-state index in [1.807, 2.05) is 59.2 Å². The fourth-order valence-electron chi connectivity index (χ4n) is 3.06. The van der Waals surface area contributed by atoms with Crippen molar-refractivity contribution in [2.24, 2.45) is 0 Å². The zero-order chi connectivity index (χ0) is 17.2. The summed E-state index contributed by atoms with van der Waals surface area (Å²) in [4.78, 5) is 21.4. The van der Waals surface area contributed by atoms with Gasteiger partial charge in [-0.1, -0.05) is 30.3 Å². The lowest BCUT2D eigenvalue weighted by Crippen LogP contribution is -2.14. The Morgan fingerprint density at radius 3 is 2.80 bits per heavy atom. The highest BCUT2D eigenvalue weighted by Gasteiger charge is 2.17. The van der Waals surface area contributed by atoms with Gasteiger partial charge in [-0.2, -0.15) is 0 Å².